The minimum absolute atomic E-state index is 0.423. The number of hydrogen-bond donors (Lipinski definition) is 3. The Kier molecular flexibility index (Phi) is 5.78. The van der Waals surface area contributed by atoms with Crippen molar-refractivity contribution >= 4 is 23.3 Å². The maximum Gasteiger partial charge on any atom is 0.0404 e. The smallest absolute Gasteiger partial charge is 0.0404 e. The quantitative estimate of drug-likeness (QED) is 0.551. The summed E-state index contributed by atoms with van der Waals surface area (Å²) in [5.41, 5.74) is 10.9. The summed E-state index contributed by atoms with van der Waals surface area (Å²) in [5, 5.41) is 11.1. The molecule has 2 aromatic carbocycles. The summed E-state index contributed by atoms with van der Waals surface area (Å²) in [7, 11) is 4.13. The number of hydrogen-bond acceptors (Lipinski definition) is 5. The van der Waals surface area contributed by atoms with Gasteiger partial charge in [-0.05, 0) is 55.3 Å². The van der Waals surface area contributed by atoms with Crippen LogP contribution in [-0.4, -0.2) is 44.3 Å². The van der Waals surface area contributed by atoms with Gasteiger partial charge in [-0.1, -0.05) is 12.1 Å². The summed E-state index contributed by atoms with van der Waals surface area (Å²) in [6.07, 6.45) is 3.67. The van der Waals surface area contributed by atoms with Gasteiger partial charge in [-0.2, -0.15) is 0 Å². The number of nitrogens with one attached hydrogen (secondary N) is 2. The molecule has 0 saturated carbocycles. The van der Waals surface area contributed by atoms with Crippen LogP contribution in [0.3, 0.4) is 0 Å². The standard InChI is InChI=1S/C21H29N5/c1-25(2)20-8-5-16(6-9-20)14-26-11-3-4-19(15-26)24-18-7-10-21(23)17(12-18)13-22/h5-10,12-13,19,22,24H,3-4,11,14-15,23H2,1-2H3. The molecule has 3 rings (SSSR count). The van der Waals surface area contributed by atoms with E-state index in [0.717, 1.165) is 30.9 Å². The van der Waals surface area contributed by atoms with E-state index in [0.29, 0.717) is 11.7 Å². The minimum Gasteiger partial charge on any atom is -0.398 e. The van der Waals surface area contributed by atoms with Gasteiger partial charge in [0.2, 0.25) is 0 Å². The number of nitrogens with two attached hydrogens (primary N) is 1. The van der Waals surface area contributed by atoms with Gasteiger partial charge >= 0.3 is 0 Å². The topological polar surface area (TPSA) is 68.4 Å². The number of likely N-dealkylation sites (tertiary alicyclic amines) is 1. The third-order valence-electron chi connectivity index (χ3n) is 4.98. The third kappa shape index (κ3) is 4.55. The average molecular weight is 351 g/mol. The summed E-state index contributed by atoms with van der Waals surface area (Å²) in [5.74, 6) is 0. The van der Waals surface area contributed by atoms with Crippen LogP contribution in [-0.2, 0) is 6.54 Å². The number of nitrogens with zero attached hydrogens (tertiary/aromatic N) is 2. The summed E-state index contributed by atoms with van der Waals surface area (Å²) in [4.78, 5) is 4.64. The van der Waals surface area contributed by atoms with Crippen molar-refractivity contribution in [3.05, 3.63) is 53.6 Å². The largest absolute Gasteiger partial charge is 0.398 e. The first-order valence-electron chi connectivity index (χ1n) is 9.20. The van der Waals surface area contributed by atoms with E-state index in [1.54, 1.807) is 0 Å². The van der Waals surface area contributed by atoms with Crippen molar-refractivity contribution in [2.75, 3.05) is 43.1 Å². The molecule has 1 fully saturated rings. The molecule has 2 aromatic rings. The molecule has 138 valence electrons. The zero-order chi connectivity index (χ0) is 18.5. The molecule has 5 heteroatoms. The summed E-state index contributed by atoms with van der Waals surface area (Å²) in [6.45, 7) is 3.15. The summed E-state index contributed by atoms with van der Waals surface area (Å²) in [6, 6.07) is 15.1. The molecule has 0 bridgehead atoms. The predicted molar refractivity (Wildman–Crippen MR) is 111 cm³/mol. The number of benzene rings is 2. The zero-order valence-corrected chi connectivity index (χ0v) is 15.7. The van der Waals surface area contributed by atoms with Crippen LogP contribution in [0.2, 0.25) is 0 Å². The molecule has 0 aliphatic carbocycles. The maximum atomic E-state index is 7.46. The van der Waals surface area contributed by atoms with Crippen molar-refractivity contribution in [3.63, 3.8) is 0 Å². The van der Waals surface area contributed by atoms with Gasteiger partial charge in [0, 0.05) is 62.1 Å². The molecule has 1 saturated heterocycles. The first kappa shape index (κ1) is 18.3. The van der Waals surface area contributed by atoms with Crippen molar-refractivity contribution < 1.29 is 0 Å². The molecule has 0 radical (unpaired) electrons. The monoisotopic (exact) mass is 351 g/mol. The number of nitrogen functional groups attached to an aromatic ring is 1. The highest BCUT2D eigenvalue weighted by atomic mass is 15.2. The van der Waals surface area contributed by atoms with Gasteiger partial charge in [-0.25, -0.2) is 0 Å². The first-order valence-corrected chi connectivity index (χ1v) is 9.20. The molecule has 1 aliphatic heterocycles. The summed E-state index contributed by atoms with van der Waals surface area (Å²) >= 11 is 0. The maximum absolute atomic E-state index is 7.46. The lowest BCUT2D eigenvalue weighted by Crippen LogP contribution is -2.41. The molecule has 1 heterocycles. The Balaban J connectivity index is 1.59. The number of piperidine rings is 1. The van der Waals surface area contributed by atoms with Crippen molar-refractivity contribution in [1.82, 2.24) is 4.90 Å². The van der Waals surface area contributed by atoms with Gasteiger partial charge in [0.15, 0.2) is 0 Å². The lowest BCUT2D eigenvalue weighted by molar-refractivity contribution is 0.208. The van der Waals surface area contributed by atoms with Crippen LogP contribution in [0.5, 0.6) is 0 Å². The molecule has 1 unspecified atom stereocenters. The molecule has 1 atom stereocenters. The second-order valence-electron chi connectivity index (χ2n) is 7.27. The van der Waals surface area contributed by atoms with E-state index in [1.165, 1.54) is 30.3 Å². The Labute approximate surface area is 156 Å². The Bertz CT molecular complexity index is 739. The van der Waals surface area contributed by atoms with Gasteiger partial charge in [0.05, 0.1) is 0 Å². The molecule has 0 spiro atoms. The van der Waals surface area contributed by atoms with Crippen molar-refractivity contribution in [2.45, 2.75) is 25.4 Å². The Hall–Kier alpha value is -2.53. The van der Waals surface area contributed by atoms with E-state index in [2.05, 4.69) is 53.5 Å². The molecule has 1 aliphatic rings. The van der Waals surface area contributed by atoms with E-state index >= 15 is 0 Å². The second kappa shape index (κ2) is 8.23. The third-order valence-corrected chi connectivity index (χ3v) is 4.98. The fourth-order valence-corrected chi connectivity index (χ4v) is 3.50. The van der Waals surface area contributed by atoms with Gasteiger partial charge < -0.3 is 21.4 Å². The van der Waals surface area contributed by atoms with Crippen LogP contribution < -0.4 is 16.0 Å². The number of rotatable bonds is 6. The van der Waals surface area contributed by atoms with Crippen molar-refractivity contribution in [1.29, 1.82) is 5.41 Å². The molecule has 0 amide bonds. The van der Waals surface area contributed by atoms with Crippen LogP contribution in [0.15, 0.2) is 42.5 Å². The fraction of sp³-hybridized carbons (Fsp3) is 0.381. The minimum atomic E-state index is 0.423. The molecule has 0 aromatic heterocycles. The van der Waals surface area contributed by atoms with Gasteiger partial charge in [0.25, 0.3) is 0 Å². The van der Waals surface area contributed by atoms with Crippen LogP contribution in [0.25, 0.3) is 0 Å². The molecular weight excluding hydrogens is 322 g/mol. The van der Waals surface area contributed by atoms with E-state index < -0.39 is 0 Å². The Morgan fingerprint density at radius 2 is 2.00 bits per heavy atom. The highest BCUT2D eigenvalue weighted by Crippen LogP contribution is 2.21. The lowest BCUT2D eigenvalue weighted by atomic mass is 10.0. The van der Waals surface area contributed by atoms with E-state index in [1.807, 2.05) is 18.2 Å². The van der Waals surface area contributed by atoms with Crippen molar-refractivity contribution in [2.24, 2.45) is 0 Å². The Morgan fingerprint density at radius 1 is 1.23 bits per heavy atom. The normalized spacial score (nSPS) is 17.7. The molecule has 5 nitrogen and oxygen atoms in total. The lowest BCUT2D eigenvalue weighted by Gasteiger charge is -2.34. The van der Waals surface area contributed by atoms with Crippen molar-refractivity contribution in [3.8, 4) is 0 Å². The molecular formula is C21H29N5. The fourth-order valence-electron chi connectivity index (χ4n) is 3.50. The highest BCUT2D eigenvalue weighted by molar-refractivity contribution is 5.86. The van der Waals surface area contributed by atoms with Crippen LogP contribution in [0.4, 0.5) is 17.1 Å². The molecule has 26 heavy (non-hydrogen) atoms. The first-order chi connectivity index (χ1) is 12.5. The van der Waals surface area contributed by atoms with Crippen LogP contribution in [0.1, 0.15) is 24.0 Å². The number of anilines is 3. The second-order valence-corrected chi connectivity index (χ2v) is 7.27. The summed E-state index contributed by atoms with van der Waals surface area (Å²) < 4.78 is 0. The van der Waals surface area contributed by atoms with E-state index in [4.69, 9.17) is 11.1 Å². The van der Waals surface area contributed by atoms with Crippen LogP contribution in [0, 0.1) is 5.41 Å². The van der Waals surface area contributed by atoms with Gasteiger partial charge in [0.1, 0.15) is 0 Å². The van der Waals surface area contributed by atoms with E-state index in [-0.39, 0.29) is 0 Å². The SMILES string of the molecule is CN(C)c1ccc(CN2CCCC(Nc3ccc(N)c(C=N)c3)C2)cc1. The van der Waals surface area contributed by atoms with E-state index in [9.17, 15) is 0 Å². The van der Waals surface area contributed by atoms with Crippen LogP contribution >= 0.6 is 0 Å². The zero-order valence-electron chi connectivity index (χ0n) is 15.7. The predicted octanol–water partition coefficient (Wildman–Crippen LogP) is 3.41. The molecule has 4 N–H and O–H groups in total. The average Bonchev–Trinajstić information content (AvgIpc) is 2.64. The van der Waals surface area contributed by atoms with Gasteiger partial charge in [-0.3, -0.25) is 4.90 Å². The highest BCUT2D eigenvalue weighted by Gasteiger charge is 2.20. The Morgan fingerprint density at radius 3 is 2.69 bits per heavy atom. The van der Waals surface area contributed by atoms with Gasteiger partial charge in [-0.15, -0.1) is 0 Å².